The van der Waals surface area contributed by atoms with E-state index in [0.29, 0.717) is 6.61 Å². The van der Waals surface area contributed by atoms with Crippen molar-refractivity contribution < 1.29 is 14.6 Å². The predicted molar refractivity (Wildman–Crippen MR) is 81.0 cm³/mol. The third-order valence-electron chi connectivity index (χ3n) is 3.72. The summed E-state index contributed by atoms with van der Waals surface area (Å²) in [5, 5.41) is 10.1. The molecule has 0 spiro atoms. The van der Waals surface area contributed by atoms with Gasteiger partial charge in [-0.3, -0.25) is 14.8 Å². The van der Waals surface area contributed by atoms with Crippen LogP contribution in [-0.2, 0) is 9.47 Å². The van der Waals surface area contributed by atoms with Crippen LogP contribution in [0.15, 0.2) is 9.59 Å². The fourth-order valence-corrected chi connectivity index (χ4v) is 2.66. The largest absolute Gasteiger partial charge is 0.390 e. The number of aliphatic hydroxyl groups is 1. The lowest BCUT2D eigenvalue weighted by atomic mass is 10.2. The summed E-state index contributed by atoms with van der Waals surface area (Å²) < 4.78 is 12.3. The third kappa shape index (κ3) is 2.87. The zero-order chi connectivity index (χ0) is 16.6. The summed E-state index contributed by atoms with van der Waals surface area (Å²) in [6.07, 6.45) is -0.993. The molecular formula is C13H19N5O5. The van der Waals surface area contributed by atoms with E-state index >= 15 is 0 Å². The van der Waals surface area contributed by atoms with E-state index in [4.69, 9.17) is 15.2 Å². The third-order valence-corrected chi connectivity index (χ3v) is 3.72. The monoisotopic (exact) mass is 325 g/mol. The number of hydrogen-bond acceptors (Lipinski definition) is 7. The molecule has 3 rings (SSSR count). The molecular weight excluding hydrogens is 306 g/mol. The number of fused-ring (bicyclic) bond motifs is 1. The van der Waals surface area contributed by atoms with Gasteiger partial charge in [0.1, 0.15) is 12.3 Å². The molecule has 0 saturated carbocycles. The van der Waals surface area contributed by atoms with Gasteiger partial charge in [-0.25, -0.2) is 9.36 Å². The van der Waals surface area contributed by atoms with Crippen LogP contribution in [0.3, 0.4) is 0 Å². The second-order valence-corrected chi connectivity index (χ2v) is 5.46. The number of nitrogens with two attached hydrogens (primary N) is 1. The van der Waals surface area contributed by atoms with E-state index in [-0.39, 0.29) is 30.1 Å². The van der Waals surface area contributed by atoms with Crippen molar-refractivity contribution in [3.63, 3.8) is 0 Å². The van der Waals surface area contributed by atoms with E-state index in [9.17, 15) is 14.7 Å². The molecule has 0 unspecified atom stereocenters. The Bertz CT molecular complexity index is 809. The van der Waals surface area contributed by atoms with Gasteiger partial charge in [0.15, 0.2) is 11.2 Å². The Morgan fingerprint density at radius 3 is 3.00 bits per heavy atom. The van der Waals surface area contributed by atoms with Crippen molar-refractivity contribution in [2.75, 3.05) is 18.9 Å². The topological polar surface area (TPSA) is 148 Å². The number of nitrogen functional groups attached to an aromatic ring is 1. The van der Waals surface area contributed by atoms with Gasteiger partial charge >= 0.3 is 5.69 Å². The van der Waals surface area contributed by atoms with Crippen molar-refractivity contribution in [2.24, 2.45) is 0 Å². The van der Waals surface area contributed by atoms with Gasteiger partial charge in [0.2, 0.25) is 5.95 Å². The lowest BCUT2D eigenvalue weighted by molar-refractivity contribution is -0.0619. The maximum absolute atomic E-state index is 12.1. The van der Waals surface area contributed by atoms with Crippen LogP contribution in [0.1, 0.15) is 26.0 Å². The Labute approximate surface area is 130 Å². The fraction of sp³-hybridized carbons (Fsp3) is 0.615. The first-order valence-corrected chi connectivity index (χ1v) is 7.42. The van der Waals surface area contributed by atoms with Crippen LogP contribution >= 0.6 is 0 Å². The summed E-state index contributed by atoms with van der Waals surface area (Å²) in [6.45, 7) is 2.78. The van der Waals surface area contributed by atoms with E-state index in [1.165, 1.54) is 4.57 Å². The minimum absolute atomic E-state index is 0.0213. The van der Waals surface area contributed by atoms with Crippen molar-refractivity contribution in [1.29, 1.82) is 0 Å². The molecule has 1 aliphatic rings. The van der Waals surface area contributed by atoms with E-state index in [1.54, 1.807) is 0 Å². The number of aromatic amines is 2. The van der Waals surface area contributed by atoms with Crippen LogP contribution in [0.5, 0.6) is 0 Å². The highest BCUT2D eigenvalue weighted by molar-refractivity contribution is 5.70. The SMILES string of the molecule is CCCOC[C@H]1O[C@@H](n2c(=O)[nH]c3c(=O)[nH]c(N)nc32)C[C@@H]1O. The minimum atomic E-state index is -0.770. The highest BCUT2D eigenvalue weighted by Gasteiger charge is 2.37. The molecule has 2 aromatic rings. The average Bonchev–Trinajstić information content (AvgIpc) is 2.99. The molecule has 5 N–H and O–H groups in total. The van der Waals surface area contributed by atoms with Gasteiger partial charge in [0, 0.05) is 13.0 Å². The Balaban J connectivity index is 1.91. The number of H-pyrrole nitrogens is 2. The van der Waals surface area contributed by atoms with E-state index in [2.05, 4.69) is 15.0 Å². The van der Waals surface area contributed by atoms with E-state index in [0.717, 1.165) is 6.42 Å². The minimum Gasteiger partial charge on any atom is -0.390 e. The molecule has 1 saturated heterocycles. The first-order valence-electron chi connectivity index (χ1n) is 7.42. The summed E-state index contributed by atoms with van der Waals surface area (Å²) >= 11 is 0. The van der Waals surface area contributed by atoms with Crippen LogP contribution < -0.4 is 17.0 Å². The van der Waals surface area contributed by atoms with E-state index < -0.39 is 29.7 Å². The first kappa shape index (κ1) is 15.7. The number of hydrogen-bond donors (Lipinski definition) is 4. The second-order valence-electron chi connectivity index (χ2n) is 5.46. The molecule has 23 heavy (non-hydrogen) atoms. The van der Waals surface area contributed by atoms with Crippen molar-refractivity contribution in [3.05, 3.63) is 20.8 Å². The van der Waals surface area contributed by atoms with Gasteiger partial charge < -0.3 is 20.3 Å². The number of rotatable bonds is 5. The molecule has 0 aromatic carbocycles. The predicted octanol–water partition coefficient (Wildman–Crippen LogP) is -0.930. The quantitative estimate of drug-likeness (QED) is 0.519. The van der Waals surface area contributed by atoms with Crippen LogP contribution in [-0.4, -0.2) is 50.0 Å². The van der Waals surface area contributed by atoms with Gasteiger partial charge in [0.25, 0.3) is 5.56 Å². The summed E-state index contributed by atoms with van der Waals surface area (Å²) in [7, 11) is 0. The van der Waals surface area contributed by atoms with Crippen molar-refractivity contribution in [2.45, 2.75) is 38.2 Å². The second kappa shape index (κ2) is 6.14. The lowest BCUT2D eigenvalue weighted by Crippen LogP contribution is -2.27. The first-order chi connectivity index (χ1) is 11.0. The van der Waals surface area contributed by atoms with Gasteiger partial charge in [-0.2, -0.15) is 4.98 Å². The Morgan fingerprint density at radius 1 is 1.48 bits per heavy atom. The van der Waals surface area contributed by atoms with Crippen LogP contribution in [0.2, 0.25) is 0 Å². The van der Waals surface area contributed by atoms with Crippen molar-refractivity contribution in [3.8, 4) is 0 Å². The van der Waals surface area contributed by atoms with Crippen LogP contribution in [0.25, 0.3) is 11.2 Å². The van der Waals surface area contributed by atoms with Gasteiger partial charge in [-0.1, -0.05) is 6.92 Å². The number of aliphatic hydroxyl groups excluding tert-OH is 1. The molecule has 0 amide bonds. The van der Waals surface area contributed by atoms with Gasteiger partial charge in [-0.15, -0.1) is 0 Å². The normalized spacial score (nSPS) is 24.5. The Kier molecular flexibility index (Phi) is 4.20. The lowest BCUT2D eigenvalue weighted by Gasteiger charge is -2.15. The number of ether oxygens (including phenoxy) is 2. The van der Waals surface area contributed by atoms with Crippen molar-refractivity contribution >= 4 is 17.1 Å². The highest BCUT2D eigenvalue weighted by Crippen LogP contribution is 2.29. The molecule has 0 aliphatic carbocycles. The maximum Gasteiger partial charge on any atom is 0.329 e. The Hall–Kier alpha value is -2.17. The highest BCUT2D eigenvalue weighted by atomic mass is 16.6. The molecule has 126 valence electrons. The Morgan fingerprint density at radius 2 is 2.26 bits per heavy atom. The number of nitrogens with one attached hydrogen (secondary N) is 2. The van der Waals surface area contributed by atoms with Gasteiger partial charge in [-0.05, 0) is 6.42 Å². The molecule has 1 aliphatic heterocycles. The molecule has 10 heteroatoms. The molecule has 10 nitrogen and oxygen atoms in total. The summed E-state index contributed by atoms with van der Waals surface area (Å²) in [6, 6.07) is 0. The molecule has 0 bridgehead atoms. The molecule has 1 fully saturated rings. The fourth-order valence-electron chi connectivity index (χ4n) is 2.66. The molecule has 2 aromatic heterocycles. The number of aromatic nitrogens is 4. The molecule has 3 atom stereocenters. The number of nitrogens with zero attached hydrogens (tertiary/aromatic N) is 2. The zero-order valence-electron chi connectivity index (χ0n) is 12.6. The van der Waals surface area contributed by atoms with Crippen LogP contribution in [0.4, 0.5) is 5.95 Å². The number of anilines is 1. The number of imidazole rings is 1. The van der Waals surface area contributed by atoms with Crippen molar-refractivity contribution in [1.82, 2.24) is 19.5 Å². The van der Waals surface area contributed by atoms with Gasteiger partial charge in [0.05, 0.1) is 12.7 Å². The van der Waals surface area contributed by atoms with E-state index in [1.807, 2.05) is 6.92 Å². The summed E-state index contributed by atoms with van der Waals surface area (Å²) in [4.78, 5) is 32.7. The molecule has 3 heterocycles. The maximum atomic E-state index is 12.1. The smallest absolute Gasteiger partial charge is 0.329 e. The standard InChI is InChI=1S/C13H19N5O5/c1-2-3-22-5-7-6(19)4-8(23-7)18-10-9(15-13(18)21)11(20)17-12(14)16-10/h6-8,19H,2-5H2,1H3,(H,15,21)(H3,14,16,17,20)/t6-,7+,8+/m0/s1. The average molecular weight is 325 g/mol. The summed E-state index contributed by atoms with van der Waals surface area (Å²) in [5.41, 5.74) is 4.57. The zero-order valence-corrected chi connectivity index (χ0v) is 12.6. The summed E-state index contributed by atoms with van der Waals surface area (Å²) in [5.74, 6) is -0.100. The van der Waals surface area contributed by atoms with Crippen LogP contribution in [0, 0.1) is 0 Å². The molecule has 0 radical (unpaired) electrons.